The largest absolute Gasteiger partial charge is 0.416 e. The lowest BCUT2D eigenvalue weighted by Gasteiger charge is -2.13. The third-order valence-electron chi connectivity index (χ3n) is 2.17. The number of hydrogen-bond donors (Lipinski definition) is 1. The molecule has 0 saturated carbocycles. The molecule has 0 radical (unpaired) electrons. The highest BCUT2D eigenvalue weighted by atomic mass is 32.2. The molecule has 0 spiro atoms. The van der Waals surface area contributed by atoms with Gasteiger partial charge in [0.15, 0.2) is 0 Å². The van der Waals surface area contributed by atoms with Crippen molar-refractivity contribution in [3.8, 4) is 0 Å². The molecule has 0 bridgehead atoms. The van der Waals surface area contributed by atoms with E-state index >= 15 is 0 Å². The van der Waals surface area contributed by atoms with Gasteiger partial charge in [-0.2, -0.15) is 13.2 Å². The maximum absolute atomic E-state index is 13.3. The van der Waals surface area contributed by atoms with E-state index < -0.39 is 38.5 Å². The number of rotatable bonds is 3. The van der Waals surface area contributed by atoms with Crippen molar-refractivity contribution in [2.45, 2.75) is 25.3 Å². The van der Waals surface area contributed by atoms with Crippen LogP contribution in [-0.2, 0) is 16.2 Å². The van der Waals surface area contributed by atoms with Crippen LogP contribution in [0, 0.1) is 5.82 Å². The van der Waals surface area contributed by atoms with Gasteiger partial charge in [0.25, 0.3) is 0 Å². The fourth-order valence-corrected chi connectivity index (χ4v) is 1.75. The average molecular weight is 285 g/mol. The molecule has 0 aliphatic carbocycles. The van der Waals surface area contributed by atoms with Gasteiger partial charge in [-0.25, -0.2) is 12.8 Å². The minimum atomic E-state index is -4.66. The summed E-state index contributed by atoms with van der Waals surface area (Å²) in [6.07, 6.45) is -4.66. The zero-order chi connectivity index (χ0) is 14.1. The minimum Gasteiger partial charge on any atom is -0.280 e. The van der Waals surface area contributed by atoms with Gasteiger partial charge in [0, 0.05) is 0 Å². The summed E-state index contributed by atoms with van der Waals surface area (Å²) < 4.78 is 75.1. The molecule has 0 aliphatic rings. The maximum Gasteiger partial charge on any atom is 0.416 e. The Morgan fingerprint density at radius 1 is 1.22 bits per heavy atom. The Morgan fingerprint density at radius 2 is 1.78 bits per heavy atom. The summed E-state index contributed by atoms with van der Waals surface area (Å²) >= 11 is 0. The van der Waals surface area contributed by atoms with Crippen LogP contribution in [0.25, 0.3) is 0 Å². The van der Waals surface area contributed by atoms with E-state index in [4.69, 9.17) is 0 Å². The summed E-state index contributed by atoms with van der Waals surface area (Å²) in [4.78, 5) is 0. The molecule has 18 heavy (non-hydrogen) atoms. The van der Waals surface area contributed by atoms with Crippen molar-refractivity contribution >= 4 is 15.7 Å². The van der Waals surface area contributed by atoms with E-state index in [-0.39, 0.29) is 0 Å². The van der Waals surface area contributed by atoms with Crippen LogP contribution >= 0.6 is 0 Å². The van der Waals surface area contributed by atoms with Gasteiger partial charge in [-0.15, -0.1) is 0 Å². The van der Waals surface area contributed by atoms with E-state index in [9.17, 15) is 26.0 Å². The molecule has 0 aromatic heterocycles. The van der Waals surface area contributed by atoms with Crippen molar-refractivity contribution < 1.29 is 26.0 Å². The first-order valence-electron chi connectivity index (χ1n) is 4.92. The Balaban J connectivity index is 3.18. The molecule has 1 aromatic carbocycles. The van der Waals surface area contributed by atoms with E-state index in [1.807, 2.05) is 0 Å². The van der Waals surface area contributed by atoms with Gasteiger partial charge >= 0.3 is 6.18 Å². The number of anilines is 1. The quantitative estimate of drug-likeness (QED) is 0.868. The molecule has 0 unspecified atom stereocenters. The van der Waals surface area contributed by atoms with Crippen LogP contribution in [0.2, 0.25) is 0 Å². The average Bonchev–Trinajstić information content (AvgIpc) is 2.19. The second-order valence-corrected chi connectivity index (χ2v) is 6.13. The SMILES string of the molecule is CC(C)S(=O)(=O)Nc1cc(C(F)(F)F)ccc1F. The van der Waals surface area contributed by atoms with Crippen LogP contribution in [0.1, 0.15) is 19.4 Å². The summed E-state index contributed by atoms with van der Waals surface area (Å²) in [7, 11) is -3.89. The number of hydrogen-bond acceptors (Lipinski definition) is 2. The standard InChI is InChI=1S/C10H11F4NO2S/c1-6(2)18(16,17)15-9-5-7(10(12,13)14)3-4-8(9)11/h3-6,15H,1-2H3. The predicted octanol–water partition coefficient (Wildman–Crippen LogP) is 2.99. The summed E-state index contributed by atoms with van der Waals surface area (Å²) in [5, 5.41) is -0.883. The summed E-state index contributed by atoms with van der Waals surface area (Å²) in [5.74, 6) is -1.06. The molecule has 0 amide bonds. The predicted molar refractivity (Wildman–Crippen MR) is 59.1 cm³/mol. The Kier molecular flexibility index (Phi) is 3.89. The van der Waals surface area contributed by atoms with Gasteiger partial charge in [0.1, 0.15) is 5.82 Å². The van der Waals surface area contributed by atoms with Crippen LogP contribution in [0.5, 0.6) is 0 Å². The number of halogens is 4. The fraction of sp³-hybridized carbons (Fsp3) is 0.400. The van der Waals surface area contributed by atoms with Crippen LogP contribution < -0.4 is 4.72 Å². The molecule has 8 heteroatoms. The van der Waals surface area contributed by atoms with Gasteiger partial charge in [0.05, 0.1) is 16.5 Å². The second kappa shape index (κ2) is 4.75. The summed E-state index contributed by atoms with van der Waals surface area (Å²) in [6.45, 7) is 2.65. The molecular formula is C10H11F4NO2S. The van der Waals surface area contributed by atoms with E-state index in [0.29, 0.717) is 18.2 Å². The third-order valence-corrected chi connectivity index (χ3v) is 3.91. The first-order chi connectivity index (χ1) is 8.04. The van der Waals surface area contributed by atoms with E-state index in [1.54, 1.807) is 4.72 Å². The fourth-order valence-electron chi connectivity index (χ4n) is 1.05. The van der Waals surface area contributed by atoms with Gasteiger partial charge < -0.3 is 0 Å². The molecule has 0 aliphatic heterocycles. The lowest BCUT2D eigenvalue weighted by atomic mass is 10.2. The molecule has 0 heterocycles. The summed E-state index contributed by atoms with van der Waals surface area (Å²) in [5.41, 5.74) is -1.83. The second-order valence-electron chi connectivity index (χ2n) is 3.89. The van der Waals surface area contributed by atoms with Crippen molar-refractivity contribution in [2.24, 2.45) is 0 Å². The molecule has 1 aromatic rings. The van der Waals surface area contributed by atoms with Gasteiger partial charge in [0.2, 0.25) is 10.0 Å². The molecule has 0 atom stereocenters. The zero-order valence-corrected chi connectivity index (χ0v) is 10.4. The Bertz CT molecular complexity index is 537. The van der Waals surface area contributed by atoms with Crippen LogP contribution in [0.4, 0.5) is 23.2 Å². The maximum atomic E-state index is 13.3. The van der Waals surface area contributed by atoms with Crippen molar-refractivity contribution in [1.29, 1.82) is 0 Å². The van der Waals surface area contributed by atoms with Gasteiger partial charge in [-0.1, -0.05) is 0 Å². The highest BCUT2D eigenvalue weighted by Crippen LogP contribution is 2.32. The highest BCUT2D eigenvalue weighted by molar-refractivity contribution is 7.93. The number of nitrogens with one attached hydrogen (secondary N) is 1. The lowest BCUT2D eigenvalue weighted by molar-refractivity contribution is -0.137. The van der Waals surface area contributed by atoms with Crippen LogP contribution in [-0.4, -0.2) is 13.7 Å². The smallest absolute Gasteiger partial charge is 0.280 e. The number of benzene rings is 1. The molecule has 3 nitrogen and oxygen atoms in total. The van der Waals surface area contributed by atoms with Crippen molar-refractivity contribution in [2.75, 3.05) is 4.72 Å². The van der Waals surface area contributed by atoms with Crippen molar-refractivity contribution in [3.63, 3.8) is 0 Å². The monoisotopic (exact) mass is 285 g/mol. The summed E-state index contributed by atoms with van der Waals surface area (Å²) in [6, 6.07) is 1.54. The normalized spacial score (nSPS) is 12.8. The zero-order valence-electron chi connectivity index (χ0n) is 9.55. The molecule has 102 valence electrons. The Hall–Kier alpha value is -1.31. The van der Waals surface area contributed by atoms with E-state index in [1.165, 1.54) is 13.8 Å². The molecule has 0 fully saturated rings. The Labute approximate surface area is 102 Å². The van der Waals surface area contributed by atoms with Gasteiger partial charge in [-0.05, 0) is 32.0 Å². The highest BCUT2D eigenvalue weighted by Gasteiger charge is 2.31. The first kappa shape index (κ1) is 14.7. The third kappa shape index (κ3) is 3.34. The van der Waals surface area contributed by atoms with Gasteiger partial charge in [-0.3, -0.25) is 4.72 Å². The number of alkyl halides is 3. The van der Waals surface area contributed by atoms with Crippen LogP contribution in [0.3, 0.4) is 0 Å². The molecule has 1 N–H and O–H groups in total. The minimum absolute atomic E-state index is 0.426. The first-order valence-corrected chi connectivity index (χ1v) is 6.47. The molecule has 1 rings (SSSR count). The van der Waals surface area contributed by atoms with Crippen molar-refractivity contribution in [3.05, 3.63) is 29.6 Å². The molecule has 0 saturated heterocycles. The topological polar surface area (TPSA) is 46.2 Å². The van der Waals surface area contributed by atoms with E-state index in [2.05, 4.69) is 0 Å². The Morgan fingerprint density at radius 3 is 2.22 bits per heavy atom. The van der Waals surface area contributed by atoms with Crippen LogP contribution in [0.15, 0.2) is 18.2 Å². The number of sulfonamides is 1. The lowest BCUT2D eigenvalue weighted by Crippen LogP contribution is -2.23. The van der Waals surface area contributed by atoms with Crippen molar-refractivity contribution in [1.82, 2.24) is 0 Å². The molecular weight excluding hydrogens is 274 g/mol. The van der Waals surface area contributed by atoms with E-state index in [0.717, 1.165) is 0 Å².